The summed E-state index contributed by atoms with van der Waals surface area (Å²) >= 11 is 0.999. The molecule has 1 N–H and O–H groups in total. The van der Waals surface area contributed by atoms with Crippen LogP contribution in [0, 0.1) is 0 Å². The average molecular weight is 265 g/mol. The van der Waals surface area contributed by atoms with Gasteiger partial charge in [-0.25, -0.2) is 0 Å². The van der Waals surface area contributed by atoms with E-state index >= 15 is 0 Å². The van der Waals surface area contributed by atoms with Crippen molar-refractivity contribution in [3.63, 3.8) is 0 Å². The molecule has 1 aromatic rings. The van der Waals surface area contributed by atoms with Crippen LogP contribution in [0.3, 0.4) is 0 Å². The predicted octanol–water partition coefficient (Wildman–Crippen LogP) is 3.52. The van der Waals surface area contributed by atoms with Crippen LogP contribution in [-0.2, 0) is 4.75 Å². The van der Waals surface area contributed by atoms with E-state index in [1.54, 1.807) is 0 Å². The molecular formula is C15H23NOS. The lowest BCUT2D eigenvalue weighted by atomic mass is 10.0. The van der Waals surface area contributed by atoms with Crippen LogP contribution in [0.5, 0.6) is 0 Å². The smallest absolute Gasteiger partial charge is 0.143 e. The SMILES string of the molecule is CC(C)([SH]=C(O)N1CCCCC1)c1ccccc1. The first-order valence-corrected chi connectivity index (χ1v) is 7.58. The summed E-state index contributed by atoms with van der Waals surface area (Å²) in [7, 11) is 0. The Morgan fingerprint density at radius 3 is 2.33 bits per heavy atom. The fourth-order valence-electron chi connectivity index (χ4n) is 2.33. The molecule has 100 valence electrons. The highest BCUT2D eigenvalue weighted by Crippen LogP contribution is 2.31. The van der Waals surface area contributed by atoms with Gasteiger partial charge in [-0.15, -0.1) is 11.4 Å². The van der Waals surface area contributed by atoms with Crippen LogP contribution in [0.4, 0.5) is 0 Å². The highest BCUT2D eigenvalue weighted by atomic mass is 32.1. The molecule has 1 heterocycles. The standard InChI is InChI=1S/C15H23NOS/c1-15(2,13-9-5-3-6-10-13)18-14(17)16-11-7-4-8-12-16/h3,5-6,9-10,17-18H,4,7-8,11-12H2,1-2H3. The summed E-state index contributed by atoms with van der Waals surface area (Å²) in [5.41, 5.74) is 1.27. The van der Waals surface area contributed by atoms with Crippen molar-refractivity contribution in [2.75, 3.05) is 13.1 Å². The molecule has 0 bridgehead atoms. The normalized spacial score (nSPS) is 19.4. The molecule has 2 rings (SSSR count). The topological polar surface area (TPSA) is 23.5 Å². The van der Waals surface area contributed by atoms with Gasteiger partial charge in [-0.3, -0.25) is 4.90 Å². The van der Waals surface area contributed by atoms with Crippen molar-refractivity contribution < 1.29 is 5.11 Å². The molecule has 3 heteroatoms. The summed E-state index contributed by atoms with van der Waals surface area (Å²) in [5.74, 6) is 0. The third kappa shape index (κ3) is 3.44. The molecule has 1 fully saturated rings. The Balaban J connectivity index is 2.15. The number of aliphatic hydroxyl groups excluding tert-OH is 1. The first-order chi connectivity index (χ1) is 8.59. The van der Waals surface area contributed by atoms with Crippen LogP contribution in [0.15, 0.2) is 30.3 Å². The summed E-state index contributed by atoms with van der Waals surface area (Å²) in [4.78, 5) is 2.13. The molecule has 0 amide bonds. The van der Waals surface area contributed by atoms with E-state index in [1.165, 1.54) is 24.8 Å². The summed E-state index contributed by atoms with van der Waals surface area (Å²) in [6.07, 6.45) is 3.69. The van der Waals surface area contributed by atoms with E-state index in [1.807, 2.05) is 6.07 Å². The average Bonchev–Trinajstić information content (AvgIpc) is 2.40. The Morgan fingerprint density at radius 2 is 1.72 bits per heavy atom. The number of rotatable bonds is 2. The molecule has 1 aliphatic rings. The van der Waals surface area contributed by atoms with Crippen molar-refractivity contribution in [2.45, 2.75) is 37.9 Å². The first kappa shape index (κ1) is 13.8. The van der Waals surface area contributed by atoms with Crippen LogP contribution < -0.4 is 0 Å². The van der Waals surface area contributed by atoms with E-state index in [0.29, 0.717) is 5.17 Å². The maximum absolute atomic E-state index is 10.3. The maximum Gasteiger partial charge on any atom is 0.143 e. The Labute approximate surface area is 114 Å². The van der Waals surface area contributed by atoms with Crippen molar-refractivity contribution in [1.29, 1.82) is 0 Å². The lowest BCUT2D eigenvalue weighted by molar-refractivity contribution is 0.295. The van der Waals surface area contributed by atoms with Crippen molar-refractivity contribution >= 4 is 16.5 Å². The van der Waals surface area contributed by atoms with Gasteiger partial charge in [-0.1, -0.05) is 36.8 Å². The number of thiol groups is 1. The minimum atomic E-state index is -0.0389. The van der Waals surface area contributed by atoms with Gasteiger partial charge in [0.2, 0.25) is 0 Å². The quantitative estimate of drug-likeness (QED) is 0.631. The highest BCUT2D eigenvalue weighted by Gasteiger charge is 2.21. The second kappa shape index (κ2) is 6.00. The van der Waals surface area contributed by atoms with Crippen molar-refractivity contribution in [2.24, 2.45) is 0 Å². The number of piperidine rings is 1. The molecule has 0 atom stereocenters. The van der Waals surface area contributed by atoms with Gasteiger partial charge >= 0.3 is 0 Å². The molecule has 1 aliphatic heterocycles. The monoisotopic (exact) mass is 265 g/mol. The second-order valence-corrected chi connectivity index (χ2v) is 7.13. The van der Waals surface area contributed by atoms with E-state index < -0.39 is 0 Å². The van der Waals surface area contributed by atoms with Crippen LogP contribution in [-0.4, -0.2) is 28.3 Å². The zero-order chi connectivity index (χ0) is 13.0. The number of aliphatic hydroxyl groups is 1. The summed E-state index contributed by atoms with van der Waals surface area (Å²) in [6, 6.07) is 10.4. The maximum atomic E-state index is 10.3. The van der Waals surface area contributed by atoms with Crippen molar-refractivity contribution in [3.05, 3.63) is 35.9 Å². The van der Waals surface area contributed by atoms with Crippen molar-refractivity contribution in [3.8, 4) is 0 Å². The Bertz CT molecular complexity index is 408. The number of benzene rings is 1. The molecule has 0 aliphatic carbocycles. The Hall–Kier alpha value is -0.640. The van der Waals surface area contributed by atoms with Gasteiger partial charge in [-0.05, 0) is 32.3 Å². The van der Waals surface area contributed by atoms with Crippen LogP contribution in [0.25, 0.3) is 0 Å². The Morgan fingerprint density at radius 1 is 1.11 bits per heavy atom. The van der Waals surface area contributed by atoms with Gasteiger partial charge in [0.15, 0.2) is 0 Å². The van der Waals surface area contributed by atoms with Crippen LogP contribution >= 0.6 is 11.4 Å². The summed E-state index contributed by atoms with van der Waals surface area (Å²) in [6.45, 7) is 6.38. The van der Waals surface area contributed by atoms with Gasteiger partial charge < -0.3 is 5.11 Å². The zero-order valence-electron chi connectivity index (χ0n) is 11.3. The van der Waals surface area contributed by atoms with E-state index in [2.05, 4.69) is 43.0 Å². The minimum Gasteiger partial charge on any atom is -0.346 e. The van der Waals surface area contributed by atoms with E-state index in [-0.39, 0.29) is 4.75 Å². The number of hydrogen-bond acceptors (Lipinski definition) is 0. The van der Waals surface area contributed by atoms with E-state index in [0.717, 1.165) is 24.4 Å². The highest BCUT2D eigenvalue weighted by molar-refractivity contribution is 7.99. The third-order valence-corrected chi connectivity index (χ3v) is 4.80. The Kier molecular flexibility index (Phi) is 4.60. The van der Waals surface area contributed by atoms with Crippen LogP contribution in [0.2, 0.25) is 0 Å². The fraction of sp³-hybridized carbons (Fsp3) is 0.533. The summed E-state index contributed by atoms with van der Waals surface area (Å²) < 4.78 is -0.0389. The predicted molar refractivity (Wildman–Crippen MR) is 81.5 cm³/mol. The lowest BCUT2D eigenvalue weighted by Crippen LogP contribution is -2.35. The molecule has 1 saturated heterocycles. The largest absolute Gasteiger partial charge is 0.346 e. The van der Waals surface area contributed by atoms with Gasteiger partial charge in [0, 0.05) is 17.8 Å². The van der Waals surface area contributed by atoms with Crippen molar-refractivity contribution in [1.82, 2.24) is 4.90 Å². The van der Waals surface area contributed by atoms with E-state index in [9.17, 15) is 5.11 Å². The van der Waals surface area contributed by atoms with Gasteiger partial charge in [-0.2, -0.15) is 0 Å². The molecule has 18 heavy (non-hydrogen) atoms. The van der Waals surface area contributed by atoms with Gasteiger partial charge in [0.1, 0.15) is 5.17 Å². The number of nitrogens with zero attached hydrogens (tertiary/aromatic N) is 1. The molecule has 0 spiro atoms. The number of hydrogen-bond donors (Lipinski definition) is 2. The van der Waals surface area contributed by atoms with Gasteiger partial charge in [0.05, 0.1) is 0 Å². The second-order valence-electron chi connectivity index (χ2n) is 5.38. The first-order valence-electron chi connectivity index (χ1n) is 6.69. The minimum absolute atomic E-state index is 0.0389. The molecule has 2 nitrogen and oxygen atoms in total. The zero-order valence-corrected chi connectivity index (χ0v) is 12.2. The molecule has 0 saturated carbocycles. The third-order valence-electron chi connectivity index (χ3n) is 3.50. The fourth-order valence-corrected chi connectivity index (χ4v) is 3.44. The van der Waals surface area contributed by atoms with Crippen LogP contribution in [0.1, 0.15) is 38.7 Å². The number of likely N-dealkylation sites (tertiary alicyclic amines) is 1. The molecular weight excluding hydrogens is 242 g/mol. The van der Waals surface area contributed by atoms with E-state index in [4.69, 9.17) is 0 Å². The molecule has 1 aromatic carbocycles. The molecule has 0 radical (unpaired) electrons. The summed E-state index contributed by atoms with van der Waals surface area (Å²) in [5, 5.41) is 10.8. The van der Waals surface area contributed by atoms with Gasteiger partial charge in [0.25, 0.3) is 0 Å². The molecule has 0 unspecified atom stereocenters. The lowest BCUT2D eigenvalue weighted by Gasteiger charge is -2.29. The molecule has 0 aromatic heterocycles.